The summed E-state index contributed by atoms with van der Waals surface area (Å²) in [6.07, 6.45) is 0. The molecule has 0 spiro atoms. The van der Waals surface area contributed by atoms with E-state index in [2.05, 4.69) is 29.4 Å². The Morgan fingerprint density at radius 3 is 2.82 bits per heavy atom. The SMILES string of the molecule is COc1cc(NC(C)C)n[nH]1. The maximum Gasteiger partial charge on any atom is 0.210 e. The minimum atomic E-state index is 0.392. The van der Waals surface area contributed by atoms with Gasteiger partial charge in [-0.05, 0) is 13.8 Å². The van der Waals surface area contributed by atoms with E-state index in [9.17, 15) is 0 Å². The van der Waals surface area contributed by atoms with Crippen molar-refractivity contribution in [3.63, 3.8) is 0 Å². The molecule has 0 amide bonds. The fraction of sp³-hybridized carbons (Fsp3) is 0.571. The fourth-order valence-corrected chi connectivity index (χ4v) is 0.778. The van der Waals surface area contributed by atoms with Crippen LogP contribution in [0.2, 0.25) is 0 Å². The Hall–Kier alpha value is -1.19. The van der Waals surface area contributed by atoms with Gasteiger partial charge in [-0.3, -0.25) is 0 Å². The zero-order valence-electron chi connectivity index (χ0n) is 7.01. The minimum Gasteiger partial charge on any atom is -0.481 e. The standard InChI is InChI=1S/C7H13N3O/c1-5(2)8-6-4-7(11-3)10-9-6/h4-5H,1-3H3,(H2,8,9,10). The summed E-state index contributed by atoms with van der Waals surface area (Å²) in [5.41, 5.74) is 0. The molecule has 1 heterocycles. The highest BCUT2D eigenvalue weighted by atomic mass is 16.5. The predicted octanol–water partition coefficient (Wildman–Crippen LogP) is 1.24. The van der Waals surface area contributed by atoms with E-state index < -0.39 is 0 Å². The molecule has 1 aromatic heterocycles. The number of aromatic amines is 1. The van der Waals surface area contributed by atoms with Crippen molar-refractivity contribution in [1.29, 1.82) is 0 Å². The predicted molar refractivity (Wildman–Crippen MR) is 43.9 cm³/mol. The molecule has 0 aliphatic carbocycles. The van der Waals surface area contributed by atoms with Gasteiger partial charge < -0.3 is 10.1 Å². The quantitative estimate of drug-likeness (QED) is 0.690. The molecule has 0 saturated heterocycles. The van der Waals surface area contributed by atoms with Crippen LogP contribution in [0.5, 0.6) is 5.88 Å². The normalized spacial score (nSPS) is 10.2. The van der Waals surface area contributed by atoms with Gasteiger partial charge in [-0.15, -0.1) is 0 Å². The summed E-state index contributed by atoms with van der Waals surface area (Å²) < 4.78 is 4.92. The highest BCUT2D eigenvalue weighted by molar-refractivity contribution is 5.38. The van der Waals surface area contributed by atoms with Crippen LogP contribution in [0.1, 0.15) is 13.8 Å². The van der Waals surface area contributed by atoms with Crippen molar-refractivity contribution in [1.82, 2.24) is 10.2 Å². The Morgan fingerprint density at radius 2 is 2.36 bits per heavy atom. The Morgan fingerprint density at radius 1 is 1.64 bits per heavy atom. The van der Waals surface area contributed by atoms with Crippen molar-refractivity contribution in [2.45, 2.75) is 19.9 Å². The van der Waals surface area contributed by atoms with E-state index in [1.165, 1.54) is 0 Å². The minimum absolute atomic E-state index is 0.392. The second-order valence-corrected chi connectivity index (χ2v) is 2.62. The van der Waals surface area contributed by atoms with Crippen LogP contribution >= 0.6 is 0 Å². The number of hydrogen-bond acceptors (Lipinski definition) is 3. The summed E-state index contributed by atoms with van der Waals surface area (Å²) in [6.45, 7) is 4.11. The molecule has 0 fully saturated rings. The fourth-order valence-electron chi connectivity index (χ4n) is 0.778. The third kappa shape index (κ3) is 2.14. The number of methoxy groups -OCH3 is 1. The molecule has 0 unspecified atom stereocenters. The maximum atomic E-state index is 4.92. The van der Waals surface area contributed by atoms with Crippen molar-refractivity contribution in [2.24, 2.45) is 0 Å². The Kier molecular flexibility index (Phi) is 2.36. The van der Waals surface area contributed by atoms with Crippen LogP contribution in [0, 0.1) is 0 Å². The summed E-state index contributed by atoms with van der Waals surface area (Å²) in [7, 11) is 1.60. The molecule has 0 saturated carbocycles. The van der Waals surface area contributed by atoms with Crippen molar-refractivity contribution in [3.05, 3.63) is 6.07 Å². The van der Waals surface area contributed by atoms with Crippen LogP contribution in [0.3, 0.4) is 0 Å². The van der Waals surface area contributed by atoms with Crippen LogP contribution in [0.15, 0.2) is 6.07 Å². The second kappa shape index (κ2) is 3.27. The molecule has 62 valence electrons. The largest absolute Gasteiger partial charge is 0.481 e. The molecule has 0 aromatic carbocycles. The lowest BCUT2D eigenvalue weighted by Crippen LogP contribution is -2.09. The molecule has 4 nitrogen and oxygen atoms in total. The zero-order valence-corrected chi connectivity index (χ0v) is 7.01. The number of anilines is 1. The Bertz CT molecular complexity index is 219. The van der Waals surface area contributed by atoms with Gasteiger partial charge in [0.25, 0.3) is 0 Å². The highest BCUT2D eigenvalue weighted by Crippen LogP contribution is 2.11. The number of aromatic nitrogens is 2. The number of H-pyrrole nitrogens is 1. The van der Waals surface area contributed by atoms with Crippen molar-refractivity contribution in [3.8, 4) is 5.88 Å². The van der Waals surface area contributed by atoms with E-state index in [-0.39, 0.29) is 0 Å². The van der Waals surface area contributed by atoms with Gasteiger partial charge in [0.2, 0.25) is 5.88 Å². The van der Waals surface area contributed by atoms with Crippen molar-refractivity contribution >= 4 is 5.82 Å². The van der Waals surface area contributed by atoms with Gasteiger partial charge in [0.15, 0.2) is 5.82 Å². The molecule has 2 N–H and O–H groups in total. The zero-order chi connectivity index (χ0) is 8.27. The number of rotatable bonds is 3. The van der Waals surface area contributed by atoms with Gasteiger partial charge in [0.1, 0.15) is 0 Å². The van der Waals surface area contributed by atoms with Crippen LogP contribution < -0.4 is 10.1 Å². The Labute approximate surface area is 66.0 Å². The smallest absolute Gasteiger partial charge is 0.210 e. The van der Waals surface area contributed by atoms with Gasteiger partial charge in [0, 0.05) is 12.1 Å². The first kappa shape index (κ1) is 7.91. The third-order valence-electron chi connectivity index (χ3n) is 1.21. The summed E-state index contributed by atoms with van der Waals surface area (Å²) in [6, 6.07) is 2.21. The van der Waals surface area contributed by atoms with Gasteiger partial charge in [-0.25, -0.2) is 5.10 Å². The molecule has 1 aromatic rings. The molecule has 0 bridgehead atoms. The van der Waals surface area contributed by atoms with E-state index in [1.54, 1.807) is 7.11 Å². The molecule has 4 heteroatoms. The lowest BCUT2D eigenvalue weighted by Gasteiger charge is -2.03. The first-order chi connectivity index (χ1) is 5.22. The average molecular weight is 155 g/mol. The first-order valence-corrected chi connectivity index (χ1v) is 3.58. The van der Waals surface area contributed by atoms with Crippen molar-refractivity contribution < 1.29 is 4.74 Å². The lowest BCUT2D eigenvalue weighted by molar-refractivity contribution is 0.397. The summed E-state index contributed by atoms with van der Waals surface area (Å²) in [4.78, 5) is 0. The van der Waals surface area contributed by atoms with Crippen molar-refractivity contribution in [2.75, 3.05) is 12.4 Å². The van der Waals surface area contributed by atoms with E-state index in [1.807, 2.05) is 6.07 Å². The number of ether oxygens (including phenoxy) is 1. The molecular formula is C7H13N3O. The first-order valence-electron chi connectivity index (χ1n) is 3.58. The maximum absolute atomic E-state index is 4.92. The average Bonchev–Trinajstić information content (AvgIpc) is 2.34. The van der Waals surface area contributed by atoms with Crippen LogP contribution in [-0.2, 0) is 0 Å². The molecule has 0 aliphatic heterocycles. The van der Waals surface area contributed by atoms with Crippen LogP contribution in [0.4, 0.5) is 5.82 Å². The van der Waals surface area contributed by atoms with Gasteiger partial charge >= 0.3 is 0 Å². The van der Waals surface area contributed by atoms with E-state index in [4.69, 9.17) is 4.74 Å². The van der Waals surface area contributed by atoms with Crippen LogP contribution in [-0.4, -0.2) is 23.3 Å². The monoisotopic (exact) mass is 155 g/mol. The molecule has 1 rings (SSSR count). The van der Waals surface area contributed by atoms with Gasteiger partial charge in [-0.2, -0.15) is 5.10 Å². The molecular weight excluding hydrogens is 142 g/mol. The summed E-state index contributed by atoms with van der Waals surface area (Å²) in [5, 5.41) is 9.83. The third-order valence-corrected chi connectivity index (χ3v) is 1.21. The summed E-state index contributed by atoms with van der Waals surface area (Å²) in [5.74, 6) is 1.49. The second-order valence-electron chi connectivity index (χ2n) is 2.62. The number of nitrogens with zero attached hydrogens (tertiary/aromatic N) is 1. The van der Waals surface area contributed by atoms with Crippen LogP contribution in [0.25, 0.3) is 0 Å². The Balaban J connectivity index is 2.58. The molecule has 0 radical (unpaired) electrons. The lowest BCUT2D eigenvalue weighted by atomic mass is 10.4. The van der Waals surface area contributed by atoms with E-state index in [0.29, 0.717) is 11.9 Å². The molecule has 0 aliphatic rings. The highest BCUT2D eigenvalue weighted by Gasteiger charge is 2.00. The summed E-state index contributed by atoms with van der Waals surface area (Å²) >= 11 is 0. The molecule has 0 atom stereocenters. The van der Waals surface area contributed by atoms with E-state index >= 15 is 0 Å². The van der Waals surface area contributed by atoms with E-state index in [0.717, 1.165) is 5.82 Å². The topological polar surface area (TPSA) is 49.9 Å². The van der Waals surface area contributed by atoms with Gasteiger partial charge in [0.05, 0.1) is 7.11 Å². The van der Waals surface area contributed by atoms with Gasteiger partial charge in [-0.1, -0.05) is 0 Å². The number of nitrogens with one attached hydrogen (secondary N) is 2. The number of hydrogen-bond donors (Lipinski definition) is 2. The molecule has 11 heavy (non-hydrogen) atoms.